The molecule has 0 spiro atoms. The van der Waals surface area contributed by atoms with E-state index in [4.69, 9.17) is 19.2 Å². The van der Waals surface area contributed by atoms with Crippen LogP contribution in [0.3, 0.4) is 0 Å². The molecule has 9 rings (SSSR count). The number of nitrogens with zero attached hydrogens (tertiary/aromatic N) is 2. The fraction of sp³-hybridized carbons (Fsp3) is 0. The van der Waals surface area contributed by atoms with Gasteiger partial charge in [-0.2, -0.15) is 0 Å². The van der Waals surface area contributed by atoms with Crippen molar-refractivity contribution in [2.75, 3.05) is 0 Å². The topological polar surface area (TPSA) is 9.86 Å². The smallest absolute Gasteiger partial charge is 0.0651 e. The third kappa shape index (κ3) is 3.75. The monoisotopic (exact) mass is 578 g/mol. The number of rotatable bonds is 4. The highest BCUT2D eigenvalue weighted by Gasteiger charge is 2.21. The van der Waals surface area contributed by atoms with Gasteiger partial charge < -0.3 is 9.13 Å². The van der Waals surface area contributed by atoms with E-state index in [-0.39, 0.29) is 11.4 Å². The number of benzene rings is 7. The third-order valence-electron chi connectivity index (χ3n) is 7.64. The average molecular weight is 579 g/mol. The Hall–Kier alpha value is -5.86. The number of aromatic nitrogens is 2. The van der Waals surface area contributed by atoms with Gasteiger partial charge in [-0.1, -0.05) is 127 Å². The first-order chi connectivity index (χ1) is 29.3. The molecule has 0 atom stereocenters. The van der Waals surface area contributed by atoms with Crippen molar-refractivity contribution >= 4 is 43.6 Å². The largest absolute Gasteiger partial charge is 0.309 e. The van der Waals surface area contributed by atoms with Crippen molar-refractivity contribution in [1.82, 2.24) is 9.13 Å². The molecule has 0 amide bonds. The van der Waals surface area contributed by atoms with E-state index < -0.39 is 131 Å². The predicted octanol–water partition coefficient (Wildman–Crippen LogP) is 11.2. The van der Waals surface area contributed by atoms with Gasteiger partial charge in [0.25, 0.3) is 0 Å². The van der Waals surface area contributed by atoms with Gasteiger partial charge in [0, 0.05) is 32.9 Å². The molecule has 0 aliphatic rings. The molecule has 7 aromatic carbocycles. The molecule has 0 radical (unpaired) electrons. The van der Waals surface area contributed by atoms with Crippen molar-refractivity contribution in [2.45, 2.75) is 0 Å². The molecule has 2 heteroatoms. The summed E-state index contributed by atoms with van der Waals surface area (Å²) in [5, 5.41) is 2.15. The van der Waals surface area contributed by atoms with Crippen molar-refractivity contribution in [3.05, 3.63) is 169 Å². The summed E-state index contributed by atoms with van der Waals surface area (Å²) in [6, 6.07) is 5.42. The Balaban J connectivity index is 1.48. The van der Waals surface area contributed by atoms with E-state index in [2.05, 4.69) is 0 Å². The quantitative estimate of drug-likeness (QED) is 0.197. The Kier molecular flexibility index (Phi) is 2.87. The lowest BCUT2D eigenvalue weighted by molar-refractivity contribution is 1.17. The van der Waals surface area contributed by atoms with Crippen LogP contribution in [0.2, 0.25) is 0 Å². The average Bonchev–Trinajstić information content (AvgIpc) is 3.77. The first kappa shape index (κ1) is 12.8. The Morgan fingerprint density at radius 3 is 1.55 bits per heavy atom. The molecule has 0 saturated carbocycles. The minimum absolute atomic E-state index is 0.235. The highest BCUT2D eigenvalue weighted by Crippen LogP contribution is 2.42. The van der Waals surface area contributed by atoms with Crippen LogP contribution in [-0.4, -0.2) is 9.13 Å². The minimum Gasteiger partial charge on any atom is -0.309 e. The van der Waals surface area contributed by atoms with E-state index in [0.717, 1.165) is 0 Å². The Bertz CT molecular complexity index is 3460. The first-order valence-electron chi connectivity index (χ1n) is 22.7. The molecular weight excluding hydrogens is 532 g/mol. The zero-order chi connectivity index (χ0) is 44.7. The summed E-state index contributed by atoms with van der Waals surface area (Å²) in [4.78, 5) is 0. The van der Waals surface area contributed by atoms with E-state index in [0.29, 0.717) is 43.6 Å². The maximum absolute atomic E-state index is 9.63. The van der Waals surface area contributed by atoms with Crippen molar-refractivity contribution in [2.24, 2.45) is 0 Å². The standard InChI is InChI=1S/C42H28N2/c1-3-13-29(14-4-1)31-17-11-19-33(27-31)43-39-24-10-8-22-37(39)41-40(43)26-25-36-35-21-7-9-23-38(35)44(42(36)41)34-20-12-18-32(28-34)30-15-5-2-6-16-30/h1-28H/i1D,2D,3D,4D,5D,6D,11D,12D,13D,14D,15D,16D,17D,18D,19D,20D,27D,28D. The Labute approximate surface area is 281 Å². The second-order valence-corrected chi connectivity index (χ2v) is 10.0. The van der Waals surface area contributed by atoms with Crippen molar-refractivity contribution in [3.8, 4) is 33.6 Å². The molecular formula is C42H28N2. The molecule has 0 fully saturated rings. The lowest BCUT2D eigenvalue weighted by Gasteiger charge is -2.12. The Morgan fingerprint density at radius 2 is 0.909 bits per heavy atom. The second kappa shape index (κ2) is 9.86. The summed E-state index contributed by atoms with van der Waals surface area (Å²) in [5.41, 5.74) is -0.821. The van der Waals surface area contributed by atoms with Gasteiger partial charge in [-0.15, -0.1) is 0 Å². The fourth-order valence-electron chi connectivity index (χ4n) is 5.87. The van der Waals surface area contributed by atoms with Crippen LogP contribution < -0.4 is 0 Å². The summed E-state index contributed by atoms with van der Waals surface area (Å²) < 4.78 is 161. The van der Waals surface area contributed by atoms with E-state index in [1.165, 1.54) is 4.57 Å². The summed E-state index contributed by atoms with van der Waals surface area (Å²) >= 11 is 0. The van der Waals surface area contributed by atoms with Gasteiger partial charge in [-0.3, -0.25) is 0 Å². The lowest BCUT2D eigenvalue weighted by Crippen LogP contribution is -1.96. The van der Waals surface area contributed by atoms with Crippen LogP contribution in [0.15, 0.2) is 169 Å². The summed E-state index contributed by atoms with van der Waals surface area (Å²) in [5.74, 6) is 0. The van der Waals surface area contributed by atoms with Crippen LogP contribution in [0.4, 0.5) is 0 Å². The molecule has 206 valence electrons. The van der Waals surface area contributed by atoms with Crippen LogP contribution >= 0.6 is 0 Å². The van der Waals surface area contributed by atoms with Crippen LogP contribution in [0.1, 0.15) is 24.7 Å². The van der Waals surface area contributed by atoms with Crippen molar-refractivity contribution < 1.29 is 24.7 Å². The molecule has 9 aromatic rings. The molecule has 44 heavy (non-hydrogen) atoms. The van der Waals surface area contributed by atoms with Crippen LogP contribution in [0.25, 0.3) is 77.2 Å². The van der Waals surface area contributed by atoms with Gasteiger partial charge in [0.05, 0.1) is 46.7 Å². The maximum Gasteiger partial charge on any atom is 0.0651 e. The zero-order valence-electron chi connectivity index (χ0n) is 40.7. The number of hydrogen-bond donors (Lipinski definition) is 0. The van der Waals surface area contributed by atoms with E-state index >= 15 is 0 Å². The molecule has 0 aliphatic carbocycles. The number of fused-ring (bicyclic) bond motifs is 7. The zero-order valence-corrected chi connectivity index (χ0v) is 22.7. The lowest BCUT2D eigenvalue weighted by atomic mass is 10.0. The van der Waals surface area contributed by atoms with Crippen molar-refractivity contribution in [3.63, 3.8) is 0 Å². The van der Waals surface area contributed by atoms with Gasteiger partial charge >= 0.3 is 0 Å². The second-order valence-electron chi connectivity index (χ2n) is 10.0. The van der Waals surface area contributed by atoms with Gasteiger partial charge in [0.2, 0.25) is 0 Å². The van der Waals surface area contributed by atoms with Gasteiger partial charge in [-0.05, 0) is 64.6 Å². The molecule has 2 nitrogen and oxygen atoms in total. The molecule has 0 aliphatic heterocycles. The number of hydrogen-bond acceptors (Lipinski definition) is 0. The van der Waals surface area contributed by atoms with Gasteiger partial charge in [-0.25, -0.2) is 0 Å². The molecule has 0 saturated heterocycles. The van der Waals surface area contributed by atoms with E-state index in [1.54, 1.807) is 65.2 Å². The minimum atomic E-state index is -0.708. The predicted molar refractivity (Wildman–Crippen MR) is 186 cm³/mol. The molecule has 0 N–H and O–H groups in total. The van der Waals surface area contributed by atoms with Gasteiger partial charge in [0.1, 0.15) is 0 Å². The number of para-hydroxylation sites is 2. The van der Waals surface area contributed by atoms with E-state index in [1.807, 2.05) is 0 Å². The first-order valence-corrected chi connectivity index (χ1v) is 13.7. The van der Waals surface area contributed by atoms with Crippen molar-refractivity contribution in [1.29, 1.82) is 0 Å². The molecule has 2 heterocycles. The van der Waals surface area contributed by atoms with Crippen LogP contribution in [0, 0.1) is 0 Å². The maximum atomic E-state index is 9.63. The third-order valence-corrected chi connectivity index (χ3v) is 7.64. The van der Waals surface area contributed by atoms with Crippen LogP contribution in [0.5, 0.6) is 0 Å². The van der Waals surface area contributed by atoms with Crippen LogP contribution in [-0.2, 0) is 0 Å². The summed E-state index contributed by atoms with van der Waals surface area (Å²) in [6.07, 6.45) is 0. The van der Waals surface area contributed by atoms with Gasteiger partial charge in [0.15, 0.2) is 0 Å². The highest BCUT2D eigenvalue weighted by molar-refractivity contribution is 6.26. The molecule has 2 aromatic heterocycles. The highest BCUT2D eigenvalue weighted by atomic mass is 15.0. The molecule has 0 unspecified atom stereocenters. The summed E-state index contributed by atoms with van der Waals surface area (Å²) in [7, 11) is 0. The van der Waals surface area contributed by atoms with E-state index in [9.17, 15) is 5.48 Å². The Morgan fingerprint density at radius 1 is 0.386 bits per heavy atom. The summed E-state index contributed by atoms with van der Waals surface area (Å²) in [6.45, 7) is 0. The SMILES string of the molecule is [2H]c1c([2H])c([2H])c(-c2c([2H])c([2H])c([2H])c(-n3c4ccccc4c4c3ccc3c5ccccc5n(-c5c([2H])c([2H])c([2H])c(-c6c([2H])c([2H])c([2H])c([2H])c6[2H])c5[2H])c34)c2[2H])c([2H])c1[2H]. The normalized spacial score (nSPS) is 17.4. The molecule has 0 bridgehead atoms. The fourth-order valence-corrected chi connectivity index (χ4v) is 5.87.